The Bertz CT molecular complexity index is 1310. The summed E-state index contributed by atoms with van der Waals surface area (Å²) in [5.74, 6) is 1.43. The summed E-state index contributed by atoms with van der Waals surface area (Å²) in [7, 11) is 0. The van der Waals surface area contributed by atoms with Crippen LogP contribution in [-0.4, -0.2) is 36.8 Å². The van der Waals surface area contributed by atoms with Gasteiger partial charge in [0.1, 0.15) is 17.5 Å². The van der Waals surface area contributed by atoms with Crippen molar-refractivity contribution in [1.82, 2.24) is 19.6 Å². The van der Waals surface area contributed by atoms with Crippen LogP contribution >= 0.6 is 0 Å². The SMILES string of the molecule is CCC(C)(O)CCc1cccc2c1CCCN2c1nc2nnc(C)n2c2cccc(F)c12. The second kappa shape index (κ2) is 7.81. The summed E-state index contributed by atoms with van der Waals surface area (Å²) in [4.78, 5) is 6.89. The number of rotatable bonds is 5. The van der Waals surface area contributed by atoms with Crippen molar-refractivity contribution in [3.63, 3.8) is 0 Å². The van der Waals surface area contributed by atoms with Crippen LogP contribution in [0.25, 0.3) is 16.7 Å². The van der Waals surface area contributed by atoms with E-state index >= 15 is 4.39 Å². The van der Waals surface area contributed by atoms with Gasteiger partial charge in [-0.1, -0.05) is 25.1 Å². The molecule has 2 aromatic carbocycles. The number of aliphatic hydroxyl groups is 1. The Kier molecular flexibility index (Phi) is 5.08. The van der Waals surface area contributed by atoms with Crippen LogP contribution in [0.3, 0.4) is 0 Å². The van der Waals surface area contributed by atoms with Crippen molar-refractivity contribution in [1.29, 1.82) is 0 Å². The average Bonchev–Trinajstić information content (AvgIpc) is 3.18. The first-order valence-corrected chi connectivity index (χ1v) is 11.3. The van der Waals surface area contributed by atoms with Crippen LogP contribution in [-0.2, 0) is 12.8 Å². The highest BCUT2D eigenvalue weighted by Gasteiger charge is 2.26. The summed E-state index contributed by atoms with van der Waals surface area (Å²) in [6.45, 7) is 6.50. The first-order chi connectivity index (χ1) is 15.4. The molecule has 0 fully saturated rings. The standard InChI is InChI=1S/C25H28FN5O/c1-4-25(3,32)14-13-17-8-5-11-20-18(17)9-7-15-30(20)23-22-19(26)10-6-12-21(22)31-16(2)28-29-24(31)27-23/h5-6,8,10-12,32H,4,7,9,13-15H2,1-3H3. The van der Waals surface area contributed by atoms with Crippen molar-refractivity contribution in [2.45, 2.75) is 58.5 Å². The van der Waals surface area contributed by atoms with Crippen molar-refractivity contribution < 1.29 is 9.50 Å². The largest absolute Gasteiger partial charge is 0.390 e. The van der Waals surface area contributed by atoms with Gasteiger partial charge in [-0.3, -0.25) is 4.40 Å². The molecule has 0 saturated heterocycles. The Morgan fingerprint density at radius 2 is 1.97 bits per heavy atom. The van der Waals surface area contributed by atoms with Crippen LogP contribution in [0.5, 0.6) is 0 Å². The molecule has 1 aliphatic rings. The Hall–Kier alpha value is -3.06. The number of nitrogens with zero attached hydrogens (tertiary/aromatic N) is 5. The Labute approximate surface area is 186 Å². The zero-order valence-corrected chi connectivity index (χ0v) is 18.8. The van der Waals surface area contributed by atoms with Crippen molar-refractivity contribution >= 4 is 28.2 Å². The predicted octanol–water partition coefficient (Wildman–Crippen LogP) is 4.90. The van der Waals surface area contributed by atoms with Crippen molar-refractivity contribution in [2.24, 2.45) is 0 Å². The first kappa shape index (κ1) is 20.8. The van der Waals surface area contributed by atoms with Crippen molar-refractivity contribution in [3.8, 4) is 0 Å². The maximum absolute atomic E-state index is 15.2. The molecule has 7 heteroatoms. The van der Waals surface area contributed by atoms with E-state index in [2.05, 4.69) is 27.2 Å². The summed E-state index contributed by atoms with van der Waals surface area (Å²) >= 11 is 0. The minimum Gasteiger partial charge on any atom is -0.390 e. The van der Waals surface area contributed by atoms with Gasteiger partial charge < -0.3 is 10.0 Å². The average molecular weight is 434 g/mol. The van der Waals surface area contributed by atoms with Gasteiger partial charge in [0.15, 0.2) is 0 Å². The van der Waals surface area contributed by atoms with Crippen LogP contribution in [0.4, 0.5) is 15.9 Å². The lowest BCUT2D eigenvalue weighted by Gasteiger charge is -2.33. The third-order valence-corrected chi connectivity index (χ3v) is 6.77. The third kappa shape index (κ3) is 3.41. The molecule has 166 valence electrons. The van der Waals surface area contributed by atoms with Gasteiger partial charge in [-0.05, 0) is 75.3 Å². The molecule has 0 amide bonds. The minimum absolute atomic E-state index is 0.303. The molecule has 0 spiro atoms. The summed E-state index contributed by atoms with van der Waals surface area (Å²) in [5, 5.41) is 19.4. The molecule has 5 rings (SSSR count). The zero-order chi connectivity index (χ0) is 22.5. The van der Waals surface area contributed by atoms with Crippen molar-refractivity contribution in [2.75, 3.05) is 11.4 Å². The molecular formula is C25H28FN5O. The van der Waals surface area contributed by atoms with Crippen LogP contribution in [0, 0.1) is 12.7 Å². The summed E-state index contributed by atoms with van der Waals surface area (Å²) in [6, 6.07) is 11.4. The monoisotopic (exact) mass is 433 g/mol. The zero-order valence-electron chi connectivity index (χ0n) is 18.8. The quantitative estimate of drug-likeness (QED) is 0.485. The summed E-state index contributed by atoms with van der Waals surface area (Å²) < 4.78 is 17.0. The van der Waals surface area contributed by atoms with E-state index in [1.807, 2.05) is 32.9 Å². The molecule has 1 aliphatic heterocycles. The fourth-order valence-electron chi connectivity index (χ4n) is 4.70. The van der Waals surface area contributed by atoms with E-state index in [1.54, 1.807) is 10.5 Å². The van der Waals surface area contributed by atoms with E-state index in [4.69, 9.17) is 4.98 Å². The molecule has 0 aliphatic carbocycles. The van der Waals surface area contributed by atoms with E-state index in [0.29, 0.717) is 29.2 Å². The van der Waals surface area contributed by atoms with Crippen LogP contribution in [0.1, 0.15) is 50.1 Å². The van der Waals surface area contributed by atoms with Gasteiger partial charge in [0.2, 0.25) is 0 Å². The maximum atomic E-state index is 15.2. The lowest BCUT2D eigenvalue weighted by atomic mass is 9.89. The molecule has 1 N–H and O–H groups in total. The second-order valence-corrected chi connectivity index (χ2v) is 8.97. The van der Waals surface area contributed by atoms with E-state index in [-0.39, 0.29) is 5.82 Å². The van der Waals surface area contributed by atoms with Gasteiger partial charge in [-0.25, -0.2) is 4.39 Å². The molecule has 3 heterocycles. The predicted molar refractivity (Wildman–Crippen MR) is 124 cm³/mol. The molecule has 0 saturated carbocycles. The lowest BCUT2D eigenvalue weighted by Crippen LogP contribution is -2.28. The normalized spacial score (nSPS) is 15.8. The molecular weight excluding hydrogens is 405 g/mol. The number of aromatic nitrogens is 4. The van der Waals surface area contributed by atoms with Crippen LogP contribution < -0.4 is 4.90 Å². The minimum atomic E-state index is -0.672. The maximum Gasteiger partial charge on any atom is 0.257 e. The van der Waals surface area contributed by atoms with Gasteiger partial charge in [0, 0.05) is 12.2 Å². The molecule has 32 heavy (non-hydrogen) atoms. The molecule has 4 aromatic rings. The van der Waals surface area contributed by atoms with Crippen LogP contribution in [0.15, 0.2) is 36.4 Å². The Morgan fingerprint density at radius 3 is 2.78 bits per heavy atom. The van der Waals surface area contributed by atoms with E-state index in [9.17, 15) is 5.11 Å². The van der Waals surface area contributed by atoms with Crippen LogP contribution in [0.2, 0.25) is 0 Å². The number of halogens is 1. The van der Waals surface area contributed by atoms with Gasteiger partial charge in [-0.15, -0.1) is 10.2 Å². The number of benzene rings is 2. The highest BCUT2D eigenvalue weighted by molar-refractivity contribution is 5.94. The number of hydrogen-bond donors (Lipinski definition) is 1. The lowest BCUT2D eigenvalue weighted by molar-refractivity contribution is 0.0473. The molecule has 2 aromatic heterocycles. The highest BCUT2D eigenvalue weighted by atomic mass is 19.1. The number of anilines is 2. The molecule has 6 nitrogen and oxygen atoms in total. The van der Waals surface area contributed by atoms with E-state index < -0.39 is 5.60 Å². The first-order valence-electron chi connectivity index (χ1n) is 11.3. The Morgan fingerprint density at radius 1 is 1.16 bits per heavy atom. The molecule has 1 unspecified atom stereocenters. The fourth-order valence-corrected chi connectivity index (χ4v) is 4.70. The third-order valence-electron chi connectivity index (χ3n) is 6.77. The number of fused-ring (bicyclic) bond motifs is 4. The smallest absolute Gasteiger partial charge is 0.257 e. The van der Waals surface area contributed by atoms with E-state index in [0.717, 1.165) is 43.4 Å². The Balaban J connectivity index is 1.66. The molecule has 1 atom stereocenters. The highest BCUT2D eigenvalue weighted by Crippen LogP contribution is 2.39. The van der Waals surface area contributed by atoms with Gasteiger partial charge in [0.05, 0.1) is 16.5 Å². The second-order valence-electron chi connectivity index (χ2n) is 8.97. The number of aryl methyl sites for hydroxylation is 2. The van der Waals surface area contributed by atoms with E-state index in [1.165, 1.54) is 17.2 Å². The number of hydrogen-bond acceptors (Lipinski definition) is 5. The fraction of sp³-hybridized carbons (Fsp3) is 0.400. The molecule has 0 bridgehead atoms. The van der Waals surface area contributed by atoms with Gasteiger partial charge >= 0.3 is 0 Å². The topological polar surface area (TPSA) is 66.5 Å². The summed E-state index contributed by atoms with van der Waals surface area (Å²) in [5.41, 5.74) is 3.60. The molecule has 0 radical (unpaired) electrons. The van der Waals surface area contributed by atoms with Gasteiger partial charge in [0.25, 0.3) is 5.78 Å². The van der Waals surface area contributed by atoms with Crippen molar-refractivity contribution in [3.05, 3.63) is 59.2 Å². The van der Waals surface area contributed by atoms with Gasteiger partial charge in [-0.2, -0.15) is 4.98 Å². The summed E-state index contributed by atoms with van der Waals surface area (Å²) in [6.07, 6.45) is 4.15.